The van der Waals surface area contributed by atoms with Crippen molar-refractivity contribution in [3.05, 3.63) is 58.4 Å². The monoisotopic (exact) mass is 369 g/mol. The van der Waals surface area contributed by atoms with Crippen molar-refractivity contribution >= 4 is 28.0 Å². The molecule has 7 heteroatoms. The highest BCUT2D eigenvalue weighted by Gasteiger charge is 2.23. The molecule has 1 amide bonds. The van der Waals surface area contributed by atoms with Crippen LogP contribution in [0.3, 0.4) is 0 Å². The number of nitrogens with zero attached hydrogens (tertiary/aromatic N) is 2. The molecule has 0 saturated carbocycles. The van der Waals surface area contributed by atoms with Crippen molar-refractivity contribution in [3.8, 4) is 0 Å². The van der Waals surface area contributed by atoms with Crippen LogP contribution >= 0.6 is 11.3 Å². The zero-order valence-electron chi connectivity index (χ0n) is 14.4. The first kappa shape index (κ1) is 16.9. The van der Waals surface area contributed by atoms with Gasteiger partial charge in [-0.1, -0.05) is 41.7 Å². The number of carbonyl (C=O) groups is 2. The molecule has 0 radical (unpaired) electrons. The van der Waals surface area contributed by atoms with E-state index in [9.17, 15) is 9.59 Å². The van der Waals surface area contributed by atoms with E-state index in [0.717, 1.165) is 25.1 Å². The molecule has 1 atom stereocenters. The van der Waals surface area contributed by atoms with Gasteiger partial charge in [-0.3, -0.25) is 14.0 Å². The van der Waals surface area contributed by atoms with Crippen LogP contribution in [-0.4, -0.2) is 40.3 Å². The summed E-state index contributed by atoms with van der Waals surface area (Å²) in [6, 6.07) is 9.08. The molecular weight excluding hydrogens is 350 g/mol. The van der Waals surface area contributed by atoms with Crippen molar-refractivity contribution < 1.29 is 14.3 Å². The number of imidazole rings is 1. The Kier molecular flexibility index (Phi) is 4.57. The largest absolute Gasteiger partial charge is 0.376 e. The summed E-state index contributed by atoms with van der Waals surface area (Å²) in [5.74, 6) is -0.253. The molecule has 1 saturated heterocycles. The predicted octanol–water partition coefficient (Wildman–Crippen LogP) is 2.84. The molecule has 1 aliphatic heterocycles. The van der Waals surface area contributed by atoms with Crippen LogP contribution in [-0.2, 0) is 4.74 Å². The van der Waals surface area contributed by atoms with E-state index in [4.69, 9.17) is 4.74 Å². The Labute approximate surface area is 154 Å². The van der Waals surface area contributed by atoms with E-state index in [1.807, 2.05) is 25.1 Å². The predicted molar refractivity (Wildman–Crippen MR) is 99.0 cm³/mol. The number of ketones is 1. The zero-order valence-corrected chi connectivity index (χ0v) is 15.2. The number of thiazole rings is 1. The number of rotatable bonds is 5. The summed E-state index contributed by atoms with van der Waals surface area (Å²) in [7, 11) is 0. The molecule has 0 bridgehead atoms. The maximum atomic E-state index is 12.8. The SMILES string of the molecule is Cc1c(C(=O)NC[C@H]2CCCO2)sc2ncc(C(=O)c3ccccc3)n12. The summed E-state index contributed by atoms with van der Waals surface area (Å²) in [4.78, 5) is 30.9. The van der Waals surface area contributed by atoms with Gasteiger partial charge in [-0.15, -0.1) is 0 Å². The molecule has 0 spiro atoms. The second-order valence-corrected chi connectivity index (χ2v) is 7.30. The van der Waals surface area contributed by atoms with Gasteiger partial charge in [-0.05, 0) is 19.8 Å². The molecule has 6 nitrogen and oxygen atoms in total. The molecule has 26 heavy (non-hydrogen) atoms. The lowest BCUT2D eigenvalue weighted by Gasteiger charge is -2.10. The Morgan fingerprint density at radius 1 is 1.35 bits per heavy atom. The van der Waals surface area contributed by atoms with Gasteiger partial charge in [-0.25, -0.2) is 4.98 Å². The number of hydrogen-bond donors (Lipinski definition) is 1. The Bertz CT molecular complexity index is 955. The van der Waals surface area contributed by atoms with Crippen LogP contribution in [0.4, 0.5) is 0 Å². The Hall–Kier alpha value is -2.51. The van der Waals surface area contributed by atoms with Gasteiger partial charge >= 0.3 is 0 Å². The van der Waals surface area contributed by atoms with Gasteiger partial charge in [0.1, 0.15) is 10.6 Å². The van der Waals surface area contributed by atoms with Crippen LogP contribution in [0.2, 0.25) is 0 Å². The number of benzene rings is 1. The van der Waals surface area contributed by atoms with Crippen molar-refractivity contribution in [2.75, 3.05) is 13.2 Å². The van der Waals surface area contributed by atoms with Gasteiger partial charge in [0, 0.05) is 24.4 Å². The number of aromatic nitrogens is 2. The number of carbonyl (C=O) groups excluding carboxylic acids is 2. The van der Waals surface area contributed by atoms with E-state index in [1.54, 1.807) is 22.7 Å². The third-order valence-electron chi connectivity index (χ3n) is 4.58. The number of fused-ring (bicyclic) bond motifs is 1. The first-order valence-electron chi connectivity index (χ1n) is 8.61. The second kappa shape index (κ2) is 7.01. The Morgan fingerprint density at radius 3 is 2.88 bits per heavy atom. The fraction of sp³-hybridized carbons (Fsp3) is 0.316. The van der Waals surface area contributed by atoms with E-state index in [0.29, 0.717) is 27.6 Å². The average molecular weight is 369 g/mol. The average Bonchev–Trinajstić information content (AvgIpc) is 3.38. The number of nitrogens with one attached hydrogen (secondary N) is 1. The normalized spacial score (nSPS) is 16.9. The standard InChI is InChI=1S/C19H19N3O3S/c1-12-17(18(24)20-10-14-8-5-9-25-14)26-19-21-11-15(22(12)19)16(23)13-6-3-2-4-7-13/h2-4,6-7,11,14H,5,8-10H2,1H3,(H,20,24)/t14-/m1/s1. The molecular formula is C19H19N3O3S. The van der Waals surface area contributed by atoms with Gasteiger partial charge < -0.3 is 10.1 Å². The minimum absolute atomic E-state index is 0.0959. The summed E-state index contributed by atoms with van der Waals surface area (Å²) in [6.07, 6.45) is 3.68. The fourth-order valence-electron chi connectivity index (χ4n) is 3.20. The highest BCUT2D eigenvalue weighted by atomic mass is 32.1. The Balaban J connectivity index is 1.60. The van der Waals surface area contributed by atoms with Crippen LogP contribution in [0.15, 0.2) is 36.5 Å². The number of ether oxygens (including phenoxy) is 1. The minimum Gasteiger partial charge on any atom is -0.376 e. The lowest BCUT2D eigenvalue weighted by atomic mass is 10.1. The topological polar surface area (TPSA) is 72.7 Å². The quantitative estimate of drug-likeness (QED) is 0.702. The second-order valence-electron chi connectivity index (χ2n) is 6.32. The first-order valence-corrected chi connectivity index (χ1v) is 9.43. The van der Waals surface area contributed by atoms with Crippen LogP contribution in [0.1, 0.15) is 44.3 Å². The zero-order chi connectivity index (χ0) is 18.1. The lowest BCUT2D eigenvalue weighted by molar-refractivity contribution is 0.0860. The van der Waals surface area contributed by atoms with E-state index < -0.39 is 0 Å². The fourth-order valence-corrected chi connectivity index (χ4v) is 4.22. The molecule has 1 aliphatic rings. The molecule has 134 valence electrons. The molecule has 4 rings (SSSR count). The summed E-state index contributed by atoms with van der Waals surface area (Å²) >= 11 is 1.29. The third kappa shape index (κ3) is 3.04. The summed E-state index contributed by atoms with van der Waals surface area (Å²) in [5.41, 5.74) is 1.80. The lowest BCUT2D eigenvalue weighted by Crippen LogP contribution is -2.31. The van der Waals surface area contributed by atoms with Crippen LogP contribution in [0, 0.1) is 6.92 Å². The highest BCUT2D eigenvalue weighted by molar-refractivity contribution is 7.19. The molecule has 1 fully saturated rings. The molecule has 0 unspecified atom stereocenters. The number of hydrogen-bond acceptors (Lipinski definition) is 5. The van der Waals surface area contributed by atoms with Crippen molar-refractivity contribution in [1.29, 1.82) is 0 Å². The van der Waals surface area contributed by atoms with E-state index in [1.165, 1.54) is 11.3 Å². The molecule has 2 aromatic heterocycles. The van der Waals surface area contributed by atoms with Crippen molar-refractivity contribution in [2.24, 2.45) is 0 Å². The van der Waals surface area contributed by atoms with Gasteiger partial charge in [0.2, 0.25) is 5.78 Å². The van der Waals surface area contributed by atoms with Crippen molar-refractivity contribution in [2.45, 2.75) is 25.9 Å². The molecule has 3 heterocycles. The van der Waals surface area contributed by atoms with Crippen molar-refractivity contribution in [3.63, 3.8) is 0 Å². The smallest absolute Gasteiger partial charge is 0.263 e. The van der Waals surface area contributed by atoms with E-state index in [-0.39, 0.29) is 17.8 Å². The van der Waals surface area contributed by atoms with Gasteiger partial charge in [0.15, 0.2) is 4.96 Å². The molecule has 1 N–H and O–H groups in total. The summed E-state index contributed by atoms with van der Waals surface area (Å²) < 4.78 is 7.30. The van der Waals surface area contributed by atoms with Gasteiger partial charge in [0.05, 0.1) is 12.3 Å². The van der Waals surface area contributed by atoms with E-state index >= 15 is 0 Å². The van der Waals surface area contributed by atoms with Crippen LogP contribution in [0.25, 0.3) is 4.96 Å². The maximum Gasteiger partial charge on any atom is 0.263 e. The number of aryl methyl sites for hydroxylation is 1. The third-order valence-corrected chi connectivity index (χ3v) is 5.73. The molecule has 3 aromatic rings. The molecule has 1 aromatic carbocycles. The minimum atomic E-state index is -0.147. The number of amides is 1. The molecule has 0 aliphatic carbocycles. The van der Waals surface area contributed by atoms with Crippen LogP contribution < -0.4 is 5.32 Å². The highest BCUT2D eigenvalue weighted by Crippen LogP contribution is 2.25. The summed E-state index contributed by atoms with van der Waals surface area (Å²) in [5, 5.41) is 2.93. The van der Waals surface area contributed by atoms with Gasteiger partial charge in [-0.2, -0.15) is 0 Å². The van der Waals surface area contributed by atoms with Gasteiger partial charge in [0.25, 0.3) is 5.91 Å². The van der Waals surface area contributed by atoms with E-state index in [2.05, 4.69) is 10.3 Å². The maximum absolute atomic E-state index is 12.8. The van der Waals surface area contributed by atoms with Crippen molar-refractivity contribution in [1.82, 2.24) is 14.7 Å². The van der Waals surface area contributed by atoms with Crippen LogP contribution in [0.5, 0.6) is 0 Å². The summed E-state index contributed by atoms with van der Waals surface area (Å²) in [6.45, 7) is 3.11. The Morgan fingerprint density at radius 2 is 2.15 bits per heavy atom. The first-order chi connectivity index (χ1) is 12.6.